The molecular formula is C18H22N4O3S. The molecule has 1 saturated carbocycles. The maximum Gasteiger partial charge on any atom is 0.276 e. The first-order chi connectivity index (χ1) is 12.4. The van der Waals surface area contributed by atoms with Gasteiger partial charge in [0.2, 0.25) is 0 Å². The maximum absolute atomic E-state index is 11.5. The van der Waals surface area contributed by atoms with Crippen molar-refractivity contribution in [3.8, 4) is 11.3 Å². The normalized spacial score (nSPS) is 30.0. The third kappa shape index (κ3) is 2.16. The number of hydrogen-bond acceptors (Lipinski definition) is 4. The van der Waals surface area contributed by atoms with E-state index in [1.807, 2.05) is 24.7 Å². The van der Waals surface area contributed by atoms with Gasteiger partial charge in [-0.25, -0.2) is 10.1 Å². The average Bonchev–Trinajstić information content (AvgIpc) is 3.20. The number of benzene rings is 1. The van der Waals surface area contributed by atoms with Gasteiger partial charge in [-0.1, -0.05) is 24.3 Å². The molecule has 1 aromatic heterocycles. The second-order valence-electron chi connectivity index (χ2n) is 7.84. The quantitative estimate of drug-likeness (QED) is 0.822. The maximum atomic E-state index is 11.5. The molecule has 7 nitrogen and oxygen atoms in total. The summed E-state index contributed by atoms with van der Waals surface area (Å²) in [5.41, 5.74) is 3.34. The SMILES string of the molecule is NS(=O)(=O)N1CCC2(CC1)C[C@@H]([C@@H]1c3ccccc3-c3cncn31)[C@@H]2O. The highest BCUT2D eigenvalue weighted by atomic mass is 32.2. The van der Waals surface area contributed by atoms with Crippen molar-refractivity contribution < 1.29 is 13.5 Å². The first kappa shape index (κ1) is 16.4. The van der Waals surface area contributed by atoms with Crippen molar-refractivity contribution in [2.75, 3.05) is 13.1 Å². The molecule has 26 heavy (non-hydrogen) atoms. The van der Waals surface area contributed by atoms with E-state index in [0.29, 0.717) is 25.9 Å². The molecule has 0 bridgehead atoms. The van der Waals surface area contributed by atoms with Crippen LogP contribution in [-0.4, -0.2) is 46.6 Å². The number of hydrogen-bond donors (Lipinski definition) is 2. The van der Waals surface area contributed by atoms with Gasteiger partial charge in [0.1, 0.15) is 0 Å². The third-order valence-electron chi connectivity index (χ3n) is 6.68. The van der Waals surface area contributed by atoms with Crippen molar-refractivity contribution >= 4 is 10.2 Å². The van der Waals surface area contributed by atoms with Gasteiger partial charge in [0.25, 0.3) is 10.2 Å². The van der Waals surface area contributed by atoms with Crippen molar-refractivity contribution in [2.45, 2.75) is 31.4 Å². The van der Waals surface area contributed by atoms with E-state index in [-0.39, 0.29) is 17.4 Å². The lowest BCUT2D eigenvalue weighted by Gasteiger charge is -2.57. The minimum Gasteiger partial charge on any atom is -0.392 e. The van der Waals surface area contributed by atoms with Gasteiger partial charge in [-0.05, 0) is 30.2 Å². The van der Waals surface area contributed by atoms with Crippen molar-refractivity contribution in [3.63, 3.8) is 0 Å². The van der Waals surface area contributed by atoms with Crippen LogP contribution in [0.3, 0.4) is 0 Å². The van der Waals surface area contributed by atoms with E-state index in [4.69, 9.17) is 5.14 Å². The number of imidazole rings is 1. The van der Waals surface area contributed by atoms with Gasteiger partial charge in [-0.2, -0.15) is 12.7 Å². The van der Waals surface area contributed by atoms with Gasteiger partial charge < -0.3 is 9.67 Å². The zero-order chi connectivity index (χ0) is 18.1. The van der Waals surface area contributed by atoms with Crippen LogP contribution in [0.25, 0.3) is 11.3 Å². The first-order valence-electron chi connectivity index (χ1n) is 8.98. The Labute approximate surface area is 152 Å². The van der Waals surface area contributed by atoms with Gasteiger partial charge >= 0.3 is 0 Å². The highest BCUT2D eigenvalue weighted by Crippen LogP contribution is 2.59. The molecule has 2 aromatic rings. The lowest BCUT2D eigenvalue weighted by Crippen LogP contribution is -2.60. The summed E-state index contributed by atoms with van der Waals surface area (Å²) in [5.74, 6) is 0.118. The van der Waals surface area contributed by atoms with Crippen LogP contribution < -0.4 is 5.14 Å². The summed E-state index contributed by atoms with van der Waals surface area (Å²) >= 11 is 0. The topological polar surface area (TPSA) is 101 Å². The van der Waals surface area contributed by atoms with E-state index >= 15 is 0 Å². The van der Waals surface area contributed by atoms with E-state index < -0.39 is 16.3 Å². The Morgan fingerprint density at radius 3 is 2.65 bits per heavy atom. The Hall–Kier alpha value is -1.74. The molecule has 2 fully saturated rings. The molecule has 1 aromatic carbocycles. The number of fused-ring (bicyclic) bond motifs is 3. The van der Waals surface area contributed by atoms with Gasteiger partial charge in [0.05, 0.1) is 30.4 Å². The predicted octanol–water partition coefficient (Wildman–Crippen LogP) is 1.12. The van der Waals surface area contributed by atoms with Crippen LogP contribution in [0.1, 0.15) is 30.9 Å². The Bertz CT molecular complexity index is 962. The molecule has 1 aliphatic carbocycles. The Kier molecular flexibility index (Phi) is 3.40. The van der Waals surface area contributed by atoms with Crippen LogP contribution in [0.2, 0.25) is 0 Å². The molecule has 1 spiro atoms. The summed E-state index contributed by atoms with van der Waals surface area (Å²) < 4.78 is 26.6. The lowest BCUT2D eigenvalue weighted by atomic mass is 9.53. The average molecular weight is 374 g/mol. The molecule has 3 heterocycles. The number of piperidine rings is 1. The molecule has 0 unspecified atom stereocenters. The summed E-state index contributed by atoms with van der Waals surface area (Å²) in [4.78, 5) is 4.29. The molecule has 138 valence electrons. The van der Waals surface area contributed by atoms with E-state index in [0.717, 1.165) is 12.1 Å². The number of nitrogens with zero attached hydrogens (tertiary/aromatic N) is 3. The van der Waals surface area contributed by atoms with Gasteiger partial charge in [0.15, 0.2) is 0 Å². The first-order valence-corrected chi connectivity index (χ1v) is 10.5. The summed E-state index contributed by atoms with van der Waals surface area (Å²) in [6.45, 7) is 0.778. The second-order valence-corrected chi connectivity index (χ2v) is 9.38. The molecule has 0 amide bonds. The fraction of sp³-hybridized carbons (Fsp3) is 0.500. The number of aliphatic hydroxyl groups is 1. The van der Waals surface area contributed by atoms with Crippen molar-refractivity contribution in [2.24, 2.45) is 16.5 Å². The number of aliphatic hydroxyl groups excluding tert-OH is 1. The van der Waals surface area contributed by atoms with Crippen molar-refractivity contribution in [1.29, 1.82) is 0 Å². The summed E-state index contributed by atoms with van der Waals surface area (Å²) in [5, 5.41) is 16.3. The van der Waals surface area contributed by atoms with Gasteiger partial charge in [0, 0.05) is 24.6 Å². The van der Waals surface area contributed by atoms with Gasteiger partial charge in [-0.3, -0.25) is 0 Å². The standard InChI is InChI=1S/C18H22N4O3S/c19-26(24,25)21-7-5-18(6-8-21)9-14(17(18)23)16-13-4-2-1-3-12(13)15-10-20-11-22(15)16/h1-4,10-11,14,16-17,23H,5-9H2,(H2,19,24,25)/t14-,16-,17-/m0/s1. The van der Waals surface area contributed by atoms with E-state index in [1.54, 1.807) is 0 Å². The number of aromatic nitrogens is 2. The smallest absolute Gasteiger partial charge is 0.276 e. The molecule has 2 aliphatic heterocycles. The fourth-order valence-electron chi connectivity index (χ4n) is 5.28. The van der Waals surface area contributed by atoms with E-state index in [2.05, 4.69) is 21.7 Å². The Morgan fingerprint density at radius 1 is 1.23 bits per heavy atom. The minimum absolute atomic E-state index is 0.0978. The molecular weight excluding hydrogens is 352 g/mol. The van der Waals surface area contributed by atoms with Gasteiger partial charge in [-0.15, -0.1) is 0 Å². The van der Waals surface area contributed by atoms with Crippen LogP contribution in [0, 0.1) is 11.3 Å². The minimum atomic E-state index is -3.64. The molecule has 0 radical (unpaired) electrons. The number of rotatable bonds is 2. The Balaban J connectivity index is 1.40. The van der Waals surface area contributed by atoms with E-state index in [9.17, 15) is 13.5 Å². The molecule has 3 atom stereocenters. The highest BCUT2D eigenvalue weighted by Gasteiger charge is 2.58. The van der Waals surface area contributed by atoms with Crippen molar-refractivity contribution in [1.82, 2.24) is 13.9 Å². The summed E-state index contributed by atoms with van der Waals surface area (Å²) in [7, 11) is -3.64. The monoisotopic (exact) mass is 374 g/mol. The van der Waals surface area contributed by atoms with Crippen LogP contribution in [-0.2, 0) is 10.2 Å². The van der Waals surface area contributed by atoms with Crippen LogP contribution >= 0.6 is 0 Å². The predicted molar refractivity (Wildman–Crippen MR) is 96.3 cm³/mol. The Morgan fingerprint density at radius 2 is 1.96 bits per heavy atom. The van der Waals surface area contributed by atoms with Crippen LogP contribution in [0.5, 0.6) is 0 Å². The zero-order valence-corrected chi connectivity index (χ0v) is 15.1. The third-order valence-corrected chi connectivity index (χ3v) is 7.76. The summed E-state index contributed by atoms with van der Waals surface area (Å²) in [6.07, 6.45) is 5.49. The molecule has 3 N–H and O–H groups in total. The molecule has 8 heteroatoms. The van der Waals surface area contributed by atoms with Crippen LogP contribution in [0.4, 0.5) is 0 Å². The second kappa shape index (κ2) is 5.39. The molecule has 3 aliphatic rings. The lowest BCUT2D eigenvalue weighted by molar-refractivity contribution is -0.152. The van der Waals surface area contributed by atoms with E-state index in [1.165, 1.54) is 15.4 Å². The van der Waals surface area contributed by atoms with Crippen molar-refractivity contribution in [3.05, 3.63) is 42.4 Å². The highest BCUT2D eigenvalue weighted by molar-refractivity contribution is 7.86. The zero-order valence-electron chi connectivity index (χ0n) is 14.3. The number of nitrogens with two attached hydrogens (primary N) is 1. The molecule has 1 saturated heterocycles. The summed E-state index contributed by atoms with van der Waals surface area (Å²) in [6, 6.07) is 8.40. The van der Waals surface area contributed by atoms with Crippen LogP contribution in [0.15, 0.2) is 36.8 Å². The largest absolute Gasteiger partial charge is 0.392 e. The molecule has 5 rings (SSSR count). The fourth-order valence-corrected chi connectivity index (χ4v) is 5.97.